The summed E-state index contributed by atoms with van der Waals surface area (Å²) < 4.78 is 11.2. The number of amides is 1. The maximum Gasteiger partial charge on any atom is 0.276 e. The van der Waals surface area contributed by atoms with Gasteiger partial charge in [0.25, 0.3) is 5.91 Å². The summed E-state index contributed by atoms with van der Waals surface area (Å²) in [5.74, 6) is -0.0146. The quantitative estimate of drug-likeness (QED) is 0.648. The molecular weight excluding hydrogens is 348 g/mol. The number of aromatic hydroxyl groups is 1. The molecule has 8 nitrogen and oxygen atoms in total. The Morgan fingerprint density at radius 2 is 2.19 bits per heavy atom. The Morgan fingerprint density at radius 1 is 1.30 bits per heavy atom. The molecule has 8 heteroatoms. The van der Waals surface area contributed by atoms with Gasteiger partial charge < -0.3 is 25.6 Å². The molecule has 1 saturated heterocycles. The van der Waals surface area contributed by atoms with Crippen molar-refractivity contribution in [3.63, 3.8) is 0 Å². The third-order valence-corrected chi connectivity index (χ3v) is 4.31. The highest BCUT2D eigenvalue weighted by molar-refractivity contribution is 6.07. The van der Waals surface area contributed by atoms with Gasteiger partial charge in [0.2, 0.25) is 5.88 Å². The lowest BCUT2D eigenvalue weighted by molar-refractivity contribution is 0.102. The van der Waals surface area contributed by atoms with E-state index >= 15 is 0 Å². The molecule has 0 spiro atoms. The van der Waals surface area contributed by atoms with Gasteiger partial charge in [0.05, 0.1) is 25.1 Å². The van der Waals surface area contributed by atoms with E-state index in [-0.39, 0.29) is 23.2 Å². The monoisotopic (exact) mass is 366 g/mol. The highest BCUT2D eigenvalue weighted by Gasteiger charge is 2.20. The van der Waals surface area contributed by atoms with Crippen molar-refractivity contribution in [3.05, 3.63) is 48.4 Å². The van der Waals surface area contributed by atoms with Gasteiger partial charge in [-0.15, -0.1) is 0 Å². The number of carbonyl (C=O) groups is 1. The molecule has 3 heterocycles. The molecular formula is C19H18N4O4. The van der Waals surface area contributed by atoms with E-state index < -0.39 is 5.91 Å². The summed E-state index contributed by atoms with van der Waals surface area (Å²) in [6.45, 7) is 1.18. The van der Waals surface area contributed by atoms with E-state index in [2.05, 4.69) is 15.3 Å². The summed E-state index contributed by atoms with van der Waals surface area (Å²) in [6, 6.07) is 8.37. The Balaban J connectivity index is 1.63. The number of nitrogen functional groups attached to an aromatic ring is 1. The summed E-state index contributed by atoms with van der Waals surface area (Å²) in [5.41, 5.74) is 6.71. The zero-order chi connectivity index (χ0) is 18.8. The molecule has 0 radical (unpaired) electrons. The average Bonchev–Trinajstić information content (AvgIpc) is 3.18. The summed E-state index contributed by atoms with van der Waals surface area (Å²) in [4.78, 5) is 20.6. The van der Waals surface area contributed by atoms with E-state index in [1.165, 1.54) is 12.4 Å². The Morgan fingerprint density at radius 3 is 2.96 bits per heavy atom. The van der Waals surface area contributed by atoms with Crippen LogP contribution in [-0.4, -0.2) is 40.3 Å². The van der Waals surface area contributed by atoms with Crippen LogP contribution in [0.4, 0.5) is 11.4 Å². The van der Waals surface area contributed by atoms with Gasteiger partial charge in [-0.25, -0.2) is 9.97 Å². The van der Waals surface area contributed by atoms with E-state index in [0.29, 0.717) is 35.6 Å². The highest BCUT2D eigenvalue weighted by Crippen LogP contribution is 2.33. The number of rotatable bonds is 4. The Bertz CT molecular complexity index is 1000. The number of hydrogen-bond acceptors (Lipinski definition) is 7. The van der Waals surface area contributed by atoms with Gasteiger partial charge >= 0.3 is 0 Å². The molecule has 1 atom stereocenters. The Kier molecular flexibility index (Phi) is 4.47. The first-order valence-corrected chi connectivity index (χ1v) is 8.50. The third kappa shape index (κ3) is 3.47. The van der Waals surface area contributed by atoms with Crippen LogP contribution in [0.15, 0.2) is 42.7 Å². The minimum Gasteiger partial charge on any atom is -0.506 e. The molecule has 3 aromatic rings. The molecule has 2 aromatic heterocycles. The number of benzene rings is 1. The lowest BCUT2D eigenvalue weighted by Gasteiger charge is -2.14. The van der Waals surface area contributed by atoms with Gasteiger partial charge in [-0.2, -0.15) is 0 Å². The normalized spacial score (nSPS) is 16.4. The number of fused-ring (bicyclic) bond motifs is 1. The van der Waals surface area contributed by atoms with Gasteiger partial charge in [-0.05, 0) is 30.3 Å². The van der Waals surface area contributed by atoms with E-state index in [1.54, 1.807) is 30.3 Å². The number of ether oxygens (including phenoxy) is 2. The molecule has 1 fully saturated rings. The minimum absolute atomic E-state index is 0.00605. The average molecular weight is 366 g/mol. The Labute approximate surface area is 155 Å². The van der Waals surface area contributed by atoms with Crippen LogP contribution in [0.5, 0.6) is 11.6 Å². The first kappa shape index (κ1) is 17.0. The van der Waals surface area contributed by atoms with Crippen LogP contribution in [0, 0.1) is 0 Å². The van der Waals surface area contributed by atoms with Crippen molar-refractivity contribution in [3.8, 4) is 11.6 Å². The van der Waals surface area contributed by atoms with Crippen LogP contribution in [0.1, 0.15) is 16.9 Å². The third-order valence-electron chi connectivity index (χ3n) is 4.31. The molecule has 0 aliphatic carbocycles. The number of nitrogens with two attached hydrogens (primary N) is 1. The van der Waals surface area contributed by atoms with Crippen LogP contribution in [0.2, 0.25) is 0 Å². The van der Waals surface area contributed by atoms with Gasteiger partial charge in [-0.1, -0.05) is 0 Å². The molecule has 1 amide bonds. The zero-order valence-corrected chi connectivity index (χ0v) is 14.4. The number of nitrogens with one attached hydrogen (secondary N) is 1. The maximum atomic E-state index is 12.4. The first-order chi connectivity index (χ1) is 13.1. The fourth-order valence-corrected chi connectivity index (χ4v) is 2.93. The molecule has 4 rings (SSSR count). The molecule has 4 N–H and O–H groups in total. The molecule has 1 aromatic carbocycles. The van der Waals surface area contributed by atoms with Crippen molar-refractivity contribution in [1.29, 1.82) is 0 Å². The number of nitrogens with zero attached hydrogens (tertiary/aromatic N) is 2. The van der Waals surface area contributed by atoms with Crippen molar-refractivity contribution in [1.82, 2.24) is 9.97 Å². The van der Waals surface area contributed by atoms with Crippen molar-refractivity contribution in [2.24, 2.45) is 0 Å². The molecule has 0 saturated carbocycles. The van der Waals surface area contributed by atoms with Crippen LogP contribution >= 0.6 is 0 Å². The molecule has 0 bridgehead atoms. The topological polar surface area (TPSA) is 120 Å². The van der Waals surface area contributed by atoms with Crippen LogP contribution in [0.25, 0.3) is 10.8 Å². The lowest BCUT2D eigenvalue weighted by Crippen LogP contribution is -2.17. The van der Waals surface area contributed by atoms with Gasteiger partial charge in [0.15, 0.2) is 5.69 Å². The molecule has 138 valence electrons. The molecule has 1 aliphatic heterocycles. The van der Waals surface area contributed by atoms with Gasteiger partial charge in [0.1, 0.15) is 11.9 Å². The van der Waals surface area contributed by atoms with Crippen molar-refractivity contribution < 1.29 is 19.4 Å². The van der Waals surface area contributed by atoms with Crippen LogP contribution < -0.4 is 15.8 Å². The van der Waals surface area contributed by atoms with Crippen LogP contribution in [0.3, 0.4) is 0 Å². The number of pyridine rings is 2. The van der Waals surface area contributed by atoms with E-state index in [4.69, 9.17) is 15.2 Å². The molecule has 0 unspecified atom stereocenters. The maximum absolute atomic E-state index is 12.4. The zero-order valence-electron chi connectivity index (χ0n) is 14.4. The summed E-state index contributed by atoms with van der Waals surface area (Å²) in [5, 5.41) is 14.1. The van der Waals surface area contributed by atoms with Crippen molar-refractivity contribution in [2.75, 3.05) is 24.3 Å². The number of anilines is 2. The second kappa shape index (κ2) is 7.08. The SMILES string of the molecule is Nc1cccnc1C(=O)Nc1ccc2c(O[C@H]3CCOC3)ncc(O)c2c1. The standard InChI is InChI=1S/C19H18N4O4/c20-15-2-1-6-21-17(15)18(25)23-11-3-4-13-14(8-11)16(24)9-22-19(13)27-12-5-7-26-10-12/h1-4,6,8-9,12,24H,5,7,10,20H2,(H,23,25)/t12-/m0/s1. The number of aromatic nitrogens is 2. The second-order valence-electron chi connectivity index (χ2n) is 6.21. The number of hydrogen-bond donors (Lipinski definition) is 3. The highest BCUT2D eigenvalue weighted by atomic mass is 16.5. The van der Waals surface area contributed by atoms with Crippen molar-refractivity contribution in [2.45, 2.75) is 12.5 Å². The van der Waals surface area contributed by atoms with Crippen LogP contribution in [-0.2, 0) is 4.74 Å². The summed E-state index contributed by atoms with van der Waals surface area (Å²) in [6.07, 6.45) is 3.57. The molecule has 27 heavy (non-hydrogen) atoms. The minimum atomic E-state index is -0.430. The van der Waals surface area contributed by atoms with Crippen molar-refractivity contribution >= 4 is 28.1 Å². The van der Waals surface area contributed by atoms with Gasteiger partial charge in [-0.3, -0.25) is 4.79 Å². The Hall–Kier alpha value is -3.39. The first-order valence-electron chi connectivity index (χ1n) is 8.50. The second-order valence-corrected chi connectivity index (χ2v) is 6.21. The summed E-state index contributed by atoms with van der Waals surface area (Å²) in [7, 11) is 0. The van der Waals surface area contributed by atoms with E-state index in [1.807, 2.05) is 0 Å². The largest absolute Gasteiger partial charge is 0.506 e. The number of carbonyl (C=O) groups excluding carboxylic acids is 1. The predicted molar refractivity (Wildman–Crippen MR) is 99.9 cm³/mol. The molecule has 1 aliphatic rings. The smallest absolute Gasteiger partial charge is 0.276 e. The van der Waals surface area contributed by atoms with E-state index in [9.17, 15) is 9.90 Å². The fraction of sp³-hybridized carbons (Fsp3) is 0.211. The lowest BCUT2D eigenvalue weighted by atomic mass is 10.1. The summed E-state index contributed by atoms with van der Waals surface area (Å²) >= 11 is 0. The van der Waals surface area contributed by atoms with Gasteiger partial charge in [0, 0.05) is 29.1 Å². The van der Waals surface area contributed by atoms with E-state index in [0.717, 1.165) is 6.42 Å². The fourth-order valence-electron chi connectivity index (χ4n) is 2.93. The predicted octanol–water partition coefficient (Wildman–Crippen LogP) is 2.34.